The number of aromatic nitrogens is 1. The predicted molar refractivity (Wildman–Crippen MR) is 74.4 cm³/mol. The molecule has 1 atom stereocenters. The maximum atomic E-state index is 4.72. The van der Waals surface area contributed by atoms with Crippen molar-refractivity contribution in [1.29, 1.82) is 0 Å². The highest BCUT2D eigenvalue weighted by atomic mass is 32.1. The van der Waals surface area contributed by atoms with E-state index < -0.39 is 0 Å². The van der Waals surface area contributed by atoms with Gasteiger partial charge in [-0.1, -0.05) is 31.2 Å². The van der Waals surface area contributed by atoms with Crippen LogP contribution in [0.15, 0.2) is 29.6 Å². The van der Waals surface area contributed by atoms with E-state index in [0.717, 1.165) is 17.1 Å². The molecule has 17 heavy (non-hydrogen) atoms. The molecule has 0 fully saturated rings. The molecule has 1 aromatic heterocycles. The minimum atomic E-state index is 0.314. The molecule has 3 heteroatoms. The first-order chi connectivity index (χ1) is 8.26. The van der Waals surface area contributed by atoms with Crippen LogP contribution in [0.1, 0.15) is 31.1 Å². The maximum absolute atomic E-state index is 4.72. The van der Waals surface area contributed by atoms with E-state index >= 15 is 0 Å². The number of aryl methyl sites for hydroxylation is 1. The average molecular weight is 246 g/mol. The zero-order valence-corrected chi connectivity index (χ0v) is 11.3. The van der Waals surface area contributed by atoms with Crippen molar-refractivity contribution in [2.45, 2.75) is 26.3 Å². The lowest BCUT2D eigenvalue weighted by Crippen LogP contribution is -2.12. The molecule has 2 rings (SSSR count). The van der Waals surface area contributed by atoms with Gasteiger partial charge in [-0.15, -0.1) is 11.3 Å². The normalized spacial score (nSPS) is 12.6. The Bertz CT molecular complexity index is 490. The van der Waals surface area contributed by atoms with Crippen molar-refractivity contribution in [3.63, 3.8) is 0 Å². The summed E-state index contributed by atoms with van der Waals surface area (Å²) < 4.78 is 0. The van der Waals surface area contributed by atoms with Gasteiger partial charge in [-0.25, -0.2) is 4.98 Å². The summed E-state index contributed by atoms with van der Waals surface area (Å²) in [4.78, 5) is 4.72. The van der Waals surface area contributed by atoms with E-state index in [0.29, 0.717) is 6.04 Å². The van der Waals surface area contributed by atoms with Crippen LogP contribution in [0.4, 0.5) is 0 Å². The van der Waals surface area contributed by atoms with E-state index in [1.807, 2.05) is 7.05 Å². The van der Waals surface area contributed by atoms with Crippen LogP contribution >= 0.6 is 11.3 Å². The van der Waals surface area contributed by atoms with Gasteiger partial charge in [-0.05, 0) is 26.0 Å². The standard InChI is InChI=1S/C14H18N2S/c1-4-11-7-5-6-8-12(11)14-16-13(9-17-14)10(2)15-3/h5-10,15H,4H2,1-3H3. The molecule has 1 unspecified atom stereocenters. The Hall–Kier alpha value is -1.19. The summed E-state index contributed by atoms with van der Waals surface area (Å²) in [5.41, 5.74) is 3.76. The third kappa shape index (κ3) is 2.56. The van der Waals surface area contributed by atoms with Gasteiger partial charge in [0, 0.05) is 17.0 Å². The molecule has 0 spiro atoms. The fourth-order valence-electron chi connectivity index (χ4n) is 1.79. The largest absolute Gasteiger partial charge is 0.312 e. The van der Waals surface area contributed by atoms with E-state index in [9.17, 15) is 0 Å². The molecule has 0 aliphatic rings. The Labute approximate surface area is 107 Å². The van der Waals surface area contributed by atoms with E-state index in [2.05, 4.69) is 48.8 Å². The van der Waals surface area contributed by atoms with Gasteiger partial charge in [-0.2, -0.15) is 0 Å². The number of nitrogens with one attached hydrogen (secondary N) is 1. The third-order valence-electron chi connectivity index (χ3n) is 3.03. The SMILES string of the molecule is CCc1ccccc1-c1nc(C(C)NC)cs1. The third-order valence-corrected chi connectivity index (χ3v) is 3.92. The van der Waals surface area contributed by atoms with E-state index in [4.69, 9.17) is 4.98 Å². The number of benzene rings is 1. The lowest BCUT2D eigenvalue weighted by Gasteiger charge is -2.06. The molecule has 1 heterocycles. The summed E-state index contributed by atoms with van der Waals surface area (Å²) in [5.74, 6) is 0. The van der Waals surface area contributed by atoms with E-state index in [1.165, 1.54) is 11.1 Å². The Morgan fingerprint density at radius 2 is 2.12 bits per heavy atom. The van der Waals surface area contributed by atoms with Crippen LogP contribution < -0.4 is 5.32 Å². The number of hydrogen-bond acceptors (Lipinski definition) is 3. The van der Waals surface area contributed by atoms with Crippen molar-refractivity contribution in [2.75, 3.05) is 7.05 Å². The van der Waals surface area contributed by atoms with Crippen LogP contribution in [0.2, 0.25) is 0 Å². The van der Waals surface area contributed by atoms with Crippen LogP contribution in [-0.4, -0.2) is 12.0 Å². The highest BCUT2D eigenvalue weighted by molar-refractivity contribution is 7.13. The van der Waals surface area contributed by atoms with Gasteiger partial charge in [-0.3, -0.25) is 0 Å². The van der Waals surface area contributed by atoms with Crippen molar-refractivity contribution in [3.8, 4) is 10.6 Å². The van der Waals surface area contributed by atoms with Crippen molar-refractivity contribution >= 4 is 11.3 Å². The molecule has 90 valence electrons. The monoisotopic (exact) mass is 246 g/mol. The van der Waals surface area contributed by atoms with Crippen LogP contribution in [0, 0.1) is 0 Å². The molecule has 1 N–H and O–H groups in total. The smallest absolute Gasteiger partial charge is 0.123 e. The number of hydrogen-bond donors (Lipinski definition) is 1. The van der Waals surface area contributed by atoms with Crippen LogP contribution in [0.25, 0.3) is 10.6 Å². The molecule has 2 aromatic rings. The summed E-state index contributed by atoms with van der Waals surface area (Å²) >= 11 is 1.72. The predicted octanol–water partition coefficient (Wildman–Crippen LogP) is 3.65. The van der Waals surface area contributed by atoms with Crippen LogP contribution in [0.3, 0.4) is 0 Å². The molecule has 0 radical (unpaired) electrons. The Balaban J connectivity index is 2.37. The van der Waals surface area contributed by atoms with Gasteiger partial charge < -0.3 is 5.32 Å². The lowest BCUT2D eigenvalue weighted by molar-refractivity contribution is 0.637. The van der Waals surface area contributed by atoms with Crippen LogP contribution in [-0.2, 0) is 6.42 Å². The van der Waals surface area contributed by atoms with Gasteiger partial charge in [0.15, 0.2) is 0 Å². The highest BCUT2D eigenvalue weighted by Gasteiger charge is 2.11. The minimum absolute atomic E-state index is 0.314. The first-order valence-corrected chi connectivity index (χ1v) is 6.85. The average Bonchev–Trinajstić information content (AvgIpc) is 2.87. The van der Waals surface area contributed by atoms with Crippen LogP contribution in [0.5, 0.6) is 0 Å². The number of rotatable bonds is 4. The molecule has 2 nitrogen and oxygen atoms in total. The van der Waals surface area contributed by atoms with Crippen molar-refractivity contribution in [1.82, 2.24) is 10.3 Å². The molecule has 0 saturated heterocycles. The lowest BCUT2D eigenvalue weighted by atomic mass is 10.1. The summed E-state index contributed by atoms with van der Waals surface area (Å²) in [6.45, 7) is 4.31. The topological polar surface area (TPSA) is 24.9 Å². The van der Waals surface area contributed by atoms with Gasteiger partial charge in [0.05, 0.1) is 5.69 Å². The Morgan fingerprint density at radius 1 is 1.35 bits per heavy atom. The zero-order chi connectivity index (χ0) is 12.3. The fraction of sp³-hybridized carbons (Fsp3) is 0.357. The molecular weight excluding hydrogens is 228 g/mol. The Morgan fingerprint density at radius 3 is 2.82 bits per heavy atom. The molecule has 0 aliphatic carbocycles. The van der Waals surface area contributed by atoms with Crippen molar-refractivity contribution < 1.29 is 0 Å². The van der Waals surface area contributed by atoms with E-state index in [-0.39, 0.29) is 0 Å². The fourth-order valence-corrected chi connectivity index (χ4v) is 2.77. The quantitative estimate of drug-likeness (QED) is 0.890. The van der Waals surface area contributed by atoms with Gasteiger partial charge in [0.1, 0.15) is 5.01 Å². The number of thiazole rings is 1. The summed E-state index contributed by atoms with van der Waals surface area (Å²) in [5, 5.41) is 6.49. The highest BCUT2D eigenvalue weighted by Crippen LogP contribution is 2.29. The second-order valence-corrected chi connectivity index (χ2v) is 4.96. The molecule has 0 bridgehead atoms. The summed E-state index contributed by atoms with van der Waals surface area (Å²) in [6, 6.07) is 8.82. The summed E-state index contributed by atoms with van der Waals surface area (Å²) in [7, 11) is 1.96. The molecule has 0 aliphatic heterocycles. The molecular formula is C14H18N2S. The molecule has 0 saturated carbocycles. The van der Waals surface area contributed by atoms with Gasteiger partial charge in [0.2, 0.25) is 0 Å². The van der Waals surface area contributed by atoms with Gasteiger partial charge in [0.25, 0.3) is 0 Å². The van der Waals surface area contributed by atoms with Crippen molar-refractivity contribution in [3.05, 3.63) is 40.9 Å². The number of nitrogens with zero attached hydrogens (tertiary/aromatic N) is 1. The zero-order valence-electron chi connectivity index (χ0n) is 10.5. The first kappa shape index (κ1) is 12.3. The first-order valence-electron chi connectivity index (χ1n) is 5.97. The second kappa shape index (κ2) is 5.43. The summed E-state index contributed by atoms with van der Waals surface area (Å²) in [6.07, 6.45) is 1.05. The molecule has 1 aromatic carbocycles. The van der Waals surface area contributed by atoms with E-state index in [1.54, 1.807) is 11.3 Å². The maximum Gasteiger partial charge on any atom is 0.123 e. The Kier molecular flexibility index (Phi) is 3.92. The van der Waals surface area contributed by atoms with Crippen molar-refractivity contribution in [2.24, 2.45) is 0 Å². The second-order valence-electron chi connectivity index (χ2n) is 4.10. The molecule has 0 amide bonds. The minimum Gasteiger partial charge on any atom is -0.312 e. The van der Waals surface area contributed by atoms with Gasteiger partial charge >= 0.3 is 0 Å².